The number of aliphatic hydroxyl groups is 1. The third-order valence-electron chi connectivity index (χ3n) is 3.31. The smallest absolute Gasteiger partial charge is 0.231 e. The predicted octanol–water partition coefficient (Wildman–Crippen LogP) is 1.73. The van der Waals surface area contributed by atoms with Crippen molar-refractivity contribution in [1.82, 2.24) is 0 Å². The highest BCUT2D eigenvalue weighted by Gasteiger charge is 2.41. The van der Waals surface area contributed by atoms with Gasteiger partial charge < -0.3 is 14.6 Å². The maximum atomic E-state index is 9.26. The van der Waals surface area contributed by atoms with Crippen molar-refractivity contribution in [3.63, 3.8) is 0 Å². The molecule has 1 aliphatic heterocycles. The molecule has 0 atom stereocenters. The van der Waals surface area contributed by atoms with E-state index in [4.69, 9.17) is 9.47 Å². The van der Waals surface area contributed by atoms with Crippen LogP contribution in [0.1, 0.15) is 18.4 Å². The number of aliphatic hydroxyl groups excluding tert-OH is 1. The molecule has 1 saturated carbocycles. The van der Waals surface area contributed by atoms with Crippen LogP contribution in [0.5, 0.6) is 11.5 Å². The number of fused-ring (bicyclic) bond motifs is 1. The molecule has 2 aliphatic rings. The normalized spacial score (nSPS) is 20.3. The molecule has 3 heteroatoms. The Bertz CT molecular complexity index is 382. The molecule has 0 radical (unpaired) electrons. The minimum atomic E-state index is 0.160. The van der Waals surface area contributed by atoms with E-state index in [1.165, 1.54) is 5.56 Å². The van der Waals surface area contributed by atoms with E-state index >= 15 is 0 Å². The molecule has 0 unspecified atom stereocenters. The number of ether oxygens (including phenoxy) is 2. The summed E-state index contributed by atoms with van der Waals surface area (Å²) in [5.74, 6) is 1.66. The van der Waals surface area contributed by atoms with Gasteiger partial charge in [-0.15, -0.1) is 0 Å². The number of rotatable bonds is 3. The zero-order chi connectivity index (χ0) is 10.3. The van der Waals surface area contributed by atoms with E-state index in [2.05, 4.69) is 6.07 Å². The lowest BCUT2D eigenvalue weighted by Gasteiger charge is -2.11. The molecule has 3 nitrogen and oxygen atoms in total. The average molecular weight is 206 g/mol. The van der Waals surface area contributed by atoms with Crippen LogP contribution in [0.2, 0.25) is 0 Å². The van der Waals surface area contributed by atoms with Crippen LogP contribution < -0.4 is 9.47 Å². The second-order valence-corrected chi connectivity index (χ2v) is 4.52. The van der Waals surface area contributed by atoms with Crippen LogP contribution >= 0.6 is 0 Å². The molecule has 3 rings (SSSR count). The third kappa shape index (κ3) is 1.57. The molecular weight excluding hydrogens is 192 g/mol. The van der Waals surface area contributed by atoms with Gasteiger partial charge in [0, 0.05) is 6.61 Å². The molecular formula is C12H14O3. The van der Waals surface area contributed by atoms with Gasteiger partial charge in [0.15, 0.2) is 11.5 Å². The molecule has 80 valence electrons. The topological polar surface area (TPSA) is 38.7 Å². The van der Waals surface area contributed by atoms with Crippen LogP contribution in [0.25, 0.3) is 0 Å². The second kappa shape index (κ2) is 3.14. The van der Waals surface area contributed by atoms with Crippen molar-refractivity contribution in [2.45, 2.75) is 19.3 Å². The Morgan fingerprint density at radius 3 is 2.73 bits per heavy atom. The Morgan fingerprint density at radius 2 is 2.00 bits per heavy atom. The summed E-state index contributed by atoms with van der Waals surface area (Å²) in [6.45, 7) is 0.616. The van der Waals surface area contributed by atoms with Crippen molar-refractivity contribution < 1.29 is 14.6 Å². The first-order chi connectivity index (χ1) is 7.31. The maximum Gasteiger partial charge on any atom is 0.231 e. The number of hydrogen-bond donors (Lipinski definition) is 1. The molecule has 1 N–H and O–H groups in total. The SMILES string of the molecule is OCC1(Cc2ccc3c(c2)OCO3)CC1. The lowest BCUT2D eigenvalue weighted by molar-refractivity contribution is 0.174. The summed E-state index contributed by atoms with van der Waals surface area (Å²) in [6.07, 6.45) is 3.22. The van der Waals surface area contributed by atoms with Crippen LogP contribution in [0, 0.1) is 5.41 Å². The summed E-state index contributed by atoms with van der Waals surface area (Å²) in [4.78, 5) is 0. The van der Waals surface area contributed by atoms with Gasteiger partial charge in [-0.2, -0.15) is 0 Å². The van der Waals surface area contributed by atoms with Gasteiger partial charge >= 0.3 is 0 Å². The Balaban J connectivity index is 1.81. The lowest BCUT2D eigenvalue weighted by Crippen LogP contribution is -2.09. The number of benzene rings is 1. The van der Waals surface area contributed by atoms with E-state index in [1.54, 1.807) is 0 Å². The quantitative estimate of drug-likeness (QED) is 0.818. The average Bonchev–Trinajstić information content (AvgIpc) is 2.88. The van der Waals surface area contributed by atoms with E-state index < -0.39 is 0 Å². The van der Waals surface area contributed by atoms with Crippen molar-refractivity contribution in [2.75, 3.05) is 13.4 Å². The van der Waals surface area contributed by atoms with Crippen molar-refractivity contribution in [3.8, 4) is 11.5 Å². The molecule has 1 aromatic carbocycles. The van der Waals surface area contributed by atoms with Crippen LogP contribution in [0.3, 0.4) is 0 Å². The van der Waals surface area contributed by atoms with E-state index in [9.17, 15) is 5.11 Å². The van der Waals surface area contributed by atoms with Crippen molar-refractivity contribution >= 4 is 0 Å². The van der Waals surface area contributed by atoms with Crippen LogP contribution in [0.15, 0.2) is 18.2 Å². The Hall–Kier alpha value is -1.22. The van der Waals surface area contributed by atoms with Gasteiger partial charge in [-0.3, -0.25) is 0 Å². The standard InChI is InChI=1S/C12H14O3/c13-7-12(3-4-12)6-9-1-2-10-11(5-9)15-8-14-10/h1-2,5,13H,3-4,6-8H2. The van der Waals surface area contributed by atoms with Gasteiger partial charge in [-0.1, -0.05) is 6.07 Å². The van der Waals surface area contributed by atoms with Crippen LogP contribution in [-0.2, 0) is 6.42 Å². The highest BCUT2D eigenvalue weighted by molar-refractivity contribution is 5.44. The summed E-state index contributed by atoms with van der Waals surface area (Å²) in [5, 5.41) is 9.26. The summed E-state index contributed by atoms with van der Waals surface area (Å²) in [6, 6.07) is 6.03. The first-order valence-corrected chi connectivity index (χ1v) is 5.31. The second-order valence-electron chi connectivity index (χ2n) is 4.52. The summed E-state index contributed by atoms with van der Waals surface area (Å²) < 4.78 is 10.6. The Morgan fingerprint density at radius 1 is 1.20 bits per heavy atom. The zero-order valence-corrected chi connectivity index (χ0v) is 8.53. The third-order valence-corrected chi connectivity index (χ3v) is 3.31. The molecule has 1 heterocycles. The first kappa shape index (κ1) is 9.04. The molecule has 0 spiro atoms. The van der Waals surface area contributed by atoms with E-state index in [0.717, 1.165) is 30.8 Å². The van der Waals surface area contributed by atoms with Gasteiger partial charge in [0.2, 0.25) is 6.79 Å². The number of hydrogen-bond acceptors (Lipinski definition) is 3. The molecule has 0 aromatic heterocycles. The highest BCUT2D eigenvalue weighted by atomic mass is 16.7. The molecule has 0 amide bonds. The highest BCUT2D eigenvalue weighted by Crippen LogP contribution is 2.48. The van der Waals surface area contributed by atoms with Crippen LogP contribution in [0.4, 0.5) is 0 Å². The first-order valence-electron chi connectivity index (χ1n) is 5.31. The van der Waals surface area contributed by atoms with Gasteiger partial charge in [0.25, 0.3) is 0 Å². The van der Waals surface area contributed by atoms with Gasteiger partial charge in [0.1, 0.15) is 0 Å². The molecule has 15 heavy (non-hydrogen) atoms. The summed E-state index contributed by atoms with van der Waals surface area (Å²) in [5.41, 5.74) is 1.39. The predicted molar refractivity (Wildman–Crippen MR) is 55.0 cm³/mol. The Kier molecular flexibility index (Phi) is 1.89. The van der Waals surface area contributed by atoms with Gasteiger partial charge in [-0.25, -0.2) is 0 Å². The minimum absolute atomic E-state index is 0.160. The monoisotopic (exact) mass is 206 g/mol. The van der Waals surface area contributed by atoms with Crippen molar-refractivity contribution in [1.29, 1.82) is 0 Å². The lowest BCUT2D eigenvalue weighted by atomic mass is 9.97. The fourth-order valence-electron chi connectivity index (χ4n) is 2.05. The Labute approximate surface area is 88.6 Å². The summed E-state index contributed by atoms with van der Waals surface area (Å²) >= 11 is 0. The minimum Gasteiger partial charge on any atom is -0.454 e. The fourth-order valence-corrected chi connectivity index (χ4v) is 2.05. The van der Waals surface area contributed by atoms with E-state index in [0.29, 0.717) is 13.4 Å². The molecule has 1 aromatic rings. The van der Waals surface area contributed by atoms with E-state index in [1.807, 2.05) is 12.1 Å². The zero-order valence-electron chi connectivity index (χ0n) is 8.53. The maximum absolute atomic E-state index is 9.26. The van der Waals surface area contributed by atoms with Gasteiger partial charge in [-0.05, 0) is 42.4 Å². The summed E-state index contributed by atoms with van der Waals surface area (Å²) in [7, 11) is 0. The van der Waals surface area contributed by atoms with Crippen molar-refractivity contribution in [2.24, 2.45) is 5.41 Å². The largest absolute Gasteiger partial charge is 0.454 e. The fraction of sp³-hybridized carbons (Fsp3) is 0.500. The molecule has 0 bridgehead atoms. The van der Waals surface area contributed by atoms with Crippen molar-refractivity contribution in [3.05, 3.63) is 23.8 Å². The van der Waals surface area contributed by atoms with Gasteiger partial charge in [0.05, 0.1) is 0 Å². The molecule has 0 saturated heterocycles. The molecule has 1 aliphatic carbocycles. The van der Waals surface area contributed by atoms with E-state index in [-0.39, 0.29) is 5.41 Å². The molecule has 1 fully saturated rings. The van der Waals surface area contributed by atoms with Crippen LogP contribution in [-0.4, -0.2) is 18.5 Å².